The summed E-state index contributed by atoms with van der Waals surface area (Å²) in [6.45, 7) is 1.75. The second kappa shape index (κ2) is 8.69. The molecule has 0 spiro atoms. The normalized spacial score (nSPS) is 24.5. The maximum absolute atomic E-state index is 12.9. The predicted octanol–water partition coefficient (Wildman–Crippen LogP) is 3.97. The van der Waals surface area contributed by atoms with E-state index >= 15 is 0 Å². The van der Waals surface area contributed by atoms with E-state index in [1.54, 1.807) is 11.8 Å². The van der Waals surface area contributed by atoms with Gasteiger partial charge in [0.1, 0.15) is 0 Å². The van der Waals surface area contributed by atoms with Gasteiger partial charge in [0.25, 0.3) is 0 Å². The second-order valence-electron chi connectivity index (χ2n) is 6.83. The van der Waals surface area contributed by atoms with E-state index in [9.17, 15) is 4.79 Å². The van der Waals surface area contributed by atoms with E-state index in [1.165, 1.54) is 23.3 Å². The van der Waals surface area contributed by atoms with Gasteiger partial charge in [-0.1, -0.05) is 66.3 Å². The standard InChI is InChI=1S/C18H22N4OS2.ClH/c23-15(18-9-5-4-8-14(18)10-19-12-18)20-16-21-22-17(25-16)24-11-13-6-2-1-3-7-13;/h1-3,6-7,14,19H,4-5,8-12H2,(H,20,21,23);1H/t14-,18+;/m0./s1. The lowest BCUT2D eigenvalue weighted by Gasteiger charge is -2.36. The van der Waals surface area contributed by atoms with Crippen LogP contribution in [0, 0.1) is 11.3 Å². The van der Waals surface area contributed by atoms with Crippen molar-refractivity contribution >= 4 is 46.5 Å². The topological polar surface area (TPSA) is 66.9 Å². The summed E-state index contributed by atoms with van der Waals surface area (Å²) in [7, 11) is 0. The van der Waals surface area contributed by atoms with Crippen molar-refractivity contribution in [2.24, 2.45) is 11.3 Å². The molecule has 4 rings (SSSR count). The van der Waals surface area contributed by atoms with Crippen molar-refractivity contribution in [3.63, 3.8) is 0 Å². The Hall–Kier alpha value is -1.15. The van der Waals surface area contributed by atoms with E-state index in [4.69, 9.17) is 0 Å². The molecule has 1 amide bonds. The van der Waals surface area contributed by atoms with E-state index in [-0.39, 0.29) is 23.7 Å². The van der Waals surface area contributed by atoms with Crippen LogP contribution in [0.3, 0.4) is 0 Å². The lowest BCUT2D eigenvalue weighted by Crippen LogP contribution is -2.44. The molecule has 2 N–H and O–H groups in total. The van der Waals surface area contributed by atoms with E-state index in [0.717, 1.165) is 42.4 Å². The number of carbonyl (C=O) groups excluding carboxylic acids is 1. The van der Waals surface area contributed by atoms with E-state index in [1.807, 2.05) is 18.2 Å². The molecule has 26 heavy (non-hydrogen) atoms. The van der Waals surface area contributed by atoms with Crippen LogP contribution in [0.4, 0.5) is 5.13 Å². The van der Waals surface area contributed by atoms with Gasteiger partial charge in [0, 0.05) is 12.3 Å². The van der Waals surface area contributed by atoms with Gasteiger partial charge in [-0.15, -0.1) is 22.6 Å². The summed E-state index contributed by atoms with van der Waals surface area (Å²) in [5.74, 6) is 1.44. The molecule has 2 atom stereocenters. The molecule has 5 nitrogen and oxygen atoms in total. The molecule has 2 heterocycles. The van der Waals surface area contributed by atoms with Crippen LogP contribution in [-0.2, 0) is 10.5 Å². The first-order chi connectivity index (χ1) is 12.3. The lowest BCUT2D eigenvalue weighted by atomic mass is 9.68. The Bertz CT molecular complexity index is 742. The lowest BCUT2D eigenvalue weighted by molar-refractivity contribution is -0.128. The van der Waals surface area contributed by atoms with E-state index in [2.05, 4.69) is 33.0 Å². The van der Waals surface area contributed by atoms with Crippen LogP contribution < -0.4 is 10.6 Å². The van der Waals surface area contributed by atoms with Gasteiger partial charge < -0.3 is 5.32 Å². The molecule has 1 aliphatic heterocycles. The first-order valence-corrected chi connectivity index (χ1v) is 10.6. The summed E-state index contributed by atoms with van der Waals surface area (Å²) in [6.07, 6.45) is 4.50. The van der Waals surface area contributed by atoms with Crippen LogP contribution in [0.25, 0.3) is 0 Å². The summed E-state index contributed by atoms with van der Waals surface area (Å²) in [6, 6.07) is 10.3. The number of aromatic nitrogens is 2. The number of anilines is 1. The number of fused-ring (bicyclic) bond motifs is 1. The number of rotatable bonds is 5. The fourth-order valence-corrected chi connectivity index (χ4v) is 5.65. The average molecular weight is 411 g/mol. The van der Waals surface area contributed by atoms with Crippen LogP contribution in [0.15, 0.2) is 34.7 Å². The largest absolute Gasteiger partial charge is 0.315 e. The van der Waals surface area contributed by atoms with Crippen LogP contribution >= 0.6 is 35.5 Å². The molecule has 1 aromatic carbocycles. The zero-order chi connectivity index (χ0) is 17.1. The van der Waals surface area contributed by atoms with Crippen molar-refractivity contribution in [1.29, 1.82) is 0 Å². The minimum Gasteiger partial charge on any atom is -0.315 e. The molecule has 8 heteroatoms. The SMILES string of the molecule is Cl.O=C(Nc1nnc(SCc2ccccc2)s1)[C@@]12CCCC[C@H]1CNC2. The maximum Gasteiger partial charge on any atom is 0.234 e. The number of hydrogen-bond donors (Lipinski definition) is 2. The summed E-state index contributed by atoms with van der Waals surface area (Å²) in [5.41, 5.74) is 1.01. The third-order valence-corrected chi connectivity index (χ3v) is 7.37. The van der Waals surface area contributed by atoms with Crippen molar-refractivity contribution in [3.05, 3.63) is 35.9 Å². The minimum atomic E-state index is -0.249. The van der Waals surface area contributed by atoms with Gasteiger partial charge in [-0.3, -0.25) is 10.1 Å². The van der Waals surface area contributed by atoms with Crippen LogP contribution in [0.5, 0.6) is 0 Å². The molecule has 140 valence electrons. The monoisotopic (exact) mass is 410 g/mol. The highest BCUT2D eigenvalue weighted by atomic mass is 35.5. The Balaban J connectivity index is 0.00000196. The number of amides is 1. The smallest absolute Gasteiger partial charge is 0.234 e. The van der Waals surface area contributed by atoms with E-state index in [0.29, 0.717) is 11.0 Å². The molecule has 2 fully saturated rings. The van der Waals surface area contributed by atoms with Gasteiger partial charge in [-0.2, -0.15) is 0 Å². The zero-order valence-corrected chi connectivity index (χ0v) is 16.9. The van der Waals surface area contributed by atoms with Crippen LogP contribution in [0.2, 0.25) is 0 Å². The van der Waals surface area contributed by atoms with Crippen LogP contribution in [0.1, 0.15) is 31.2 Å². The molecular weight excluding hydrogens is 388 g/mol. The van der Waals surface area contributed by atoms with Crippen LogP contribution in [-0.4, -0.2) is 29.2 Å². The van der Waals surface area contributed by atoms with Gasteiger partial charge in [0.15, 0.2) is 4.34 Å². The molecule has 1 aromatic heterocycles. The molecule has 2 aromatic rings. The molecule has 0 unspecified atom stereocenters. The predicted molar refractivity (Wildman–Crippen MR) is 109 cm³/mol. The third-order valence-electron chi connectivity index (χ3n) is 5.32. The molecule has 0 radical (unpaired) electrons. The first-order valence-electron chi connectivity index (χ1n) is 8.79. The van der Waals surface area contributed by atoms with Gasteiger partial charge >= 0.3 is 0 Å². The van der Waals surface area contributed by atoms with Gasteiger partial charge in [-0.25, -0.2) is 0 Å². The Kier molecular flexibility index (Phi) is 6.55. The molecule has 1 saturated heterocycles. The minimum absolute atomic E-state index is 0. The molecule has 1 saturated carbocycles. The fourth-order valence-electron chi connectivity index (χ4n) is 3.95. The zero-order valence-electron chi connectivity index (χ0n) is 14.4. The summed E-state index contributed by atoms with van der Waals surface area (Å²) in [5, 5.41) is 15.5. The van der Waals surface area contributed by atoms with Gasteiger partial charge in [0.05, 0.1) is 5.41 Å². The first kappa shape index (κ1) is 19.6. The quantitative estimate of drug-likeness (QED) is 0.576. The Morgan fingerprint density at radius 1 is 1.31 bits per heavy atom. The number of nitrogens with zero attached hydrogens (tertiary/aromatic N) is 2. The Labute approximate surface area is 168 Å². The summed E-state index contributed by atoms with van der Waals surface area (Å²) in [4.78, 5) is 12.9. The average Bonchev–Trinajstić information content (AvgIpc) is 3.28. The molecular formula is C18H23ClN4OS2. The molecule has 0 bridgehead atoms. The highest BCUT2D eigenvalue weighted by Gasteiger charge is 2.50. The second-order valence-corrected chi connectivity index (χ2v) is 9.03. The third kappa shape index (κ3) is 4.06. The summed E-state index contributed by atoms with van der Waals surface area (Å²) >= 11 is 3.12. The number of carbonyl (C=O) groups is 1. The van der Waals surface area contributed by atoms with Gasteiger partial charge in [-0.05, 0) is 30.9 Å². The highest BCUT2D eigenvalue weighted by molar-refractivity contribution is 8.00. The Morgan fingerprint density at radius 3 is 3.00 bits per heavy atom. The maximum atomic E-state index is 12.9. The fraction of sp³-hybridized carbons (Fsp3) is 0.500. The van der Waals surface area contributed by atoms with Crippen molar-refractivity contribution in [3.8, 4) is 0 Å². The number of benzene rings is 1. The van der Waals surface area contributed by atoms with Crippen molar-refractivity contribution in [2.75, 3.05) is 18.4 Å². The molecule has 1 aliphatic carbocycles. The highest BCUT2D eigenvalue weighted by Crippen LogP contribution is 2.44. The van der Waals surface area contributed by atoms with Crippen molar-refractivity contribution in [1.82, 2.24) is 15.5 Å². The molecule has 2 aliphatic rings. The number of halogens is 1. The number of nitrogens with one attached hydrogen (secondary N) is 2. The van der Waals surface area contributed by atoms with E-state index < -0.39 is 0 Å². The van der Waals surface area contributed by atoms with Crippen molar-refractivity contribution < 1.29 is 4.79 Å². The Morgan fingerprint density at radius 2 is 2.15 bits per heavy atom. The van der Waals surface area contributed by atoms with Gasteiger partial charge in [0.2, 0.25) is 11.0 Å². The number of hydrogen-bond acceptors (Lipinski definition) is 6. The summed E-state index contributed by atoms with van der Waals surface area (Å²) < 4.78 is 0.890. The van der Waals surface area contributed by atoms with Crippen molar-refractivity contribution in [2.45, 2.75) is 35.8 Å². The number of thioether (sulfide) groups is 1.